The van der Waals surface area contributed by atoms with Crippen LogP contribution in [-0.2, 0) is 4.74 Å². The largest absolute Gasteiger partial charge is 0.378 e. The molecule has 0 aliphatic heterocycles. The molecule has 20 heavy (non-hydrogen) atoms. The summed E-state index contributed by atoms with van der Waals surface area (Å²) in [6.07, 6.45) is 13.5. The van der Waals surface area contributed by atoms with Gasteiger partial charge >= 0.3 is 0 Å². The third-order valence-corrected chi connectivity index (χ3v) is 5.92. The zero-order valence-electron chi connectivity index (χ0n) is 13.9. The summed E-state index contributed by atoms with van der Waals surface area (Å²) in [7, 11) is 1.92. The van der Waals surface area contributed by atoms with Crippen LogP contribution in [0.15, 0.2) is 0 Å². The minimum atomic E-state index is 0.213. The minimum absolute atomic E-state index is 0.213. The molecule has 1 N–H and O–H groups in total. The monoisotopic (exact) mass is 281 g/mol. The van der Waals surface area contributed by atoms with Crippen LogP contribution in [0.25, 0.3) is 0 Å². The summed E-state index contributed by atoms with van der Waals surface area (Å²) in [4.78, 5) is 0. The Morgan fingerprint density at radius 3 is 2.55 bits per heavy atom. The van der Waals surface area contributed by atoms with Crippen molar-refractivity contribution in [2.75, 3.05) is 13.7 Å². The number of methoxy groups -OCH3 is 1. The molecule has 2 nitrogen and oxygen atoms in total. The Labute approximate surface area is 126 Å². The van der Waals surface area contributed by atoms with Crippen molar-refractivity contribution in [1.29, 1.82) is 0 Å². The second kappa shape index (κ2) is 7.79. The lowest BCUT2D eigenvalue weighted by molar-refractivity contribution is -0.0884. The molecule has 0 heterocycles. The summed E-state index contributed by atoms with van der Waals surface area (Å²) >= 11 is 0. The summed E-state index contributed by atoms with van der Waals surface area (Å²) in [5.41, 5.74) is 0.213. The van der Waals surface area contributed by atoms with Gasteiger partial charge in [0.25, 0.3) is 0 Å². The topological polar surface area (TPSA) is 21.3 Å². The second-order valence-corrected chi connectivity index (χ2v) is 7.21. The van der Waals surface area contributed by atoms with E-state index in [-0.39, 0.29) is 5.60 Å². The van der Waals surface area contributed by atoms with E-state index in [1.807, 2.05) is 7.11 Å². The zero-order valence-corrected chi connectivity index (χ0v) is 13.9. The molecule has 0 amide bonds. The summed E-state index contributed by atoms with van der Waals surface area (Å²) in [6.45, 7) is 5.80. The van der Waals surface area contributed by atoms with Crippen LogP contribution >= 0.6 is 0 Å². The molecule has 2 saturated carbocycles. The van der Waals surface area contributed by atoms with E-state index in [0.29, 0.717) is 6.04 Å². The maximum Gasteiger partial charge on any atom is 0.0693 e. The minimum Gasteiger partial charge on any atom is -0.378 e. The SMILES string of the molecule is CCCNC(CC1(OC)CCC1)C1CCCC(CC)C1. The molecule has 0 bridgehead atoms. The Morgan fingerprint density at radius 1 is 1.20 bits per heavy atom. The zero-order chi connectivity index (χ0) is 14.4. The van der Waals surface area contributed by atoms with Crippen molar-refractivity contribution in [3.63, 3.8) is 0 Å². The normalized spacial score (nSPS) is 30.8. The van der Waals surface area contributed by atoms with E-state index >= 15 is 0 Å². The van der Waals surface area contributed by atoms with Crippen LogP contribution in [-0.4, -0.2) is 25.3 Å². The molecular weight excluding hydrogens is 246 g/mol. The summed E-state index contributed by atoms with van der Waals surface area (Å²) in [6, 6.07) is 0.685. The van der Waals surface area contributed by atoms with Gasteiger partial charge < -0.3 is 10.1 Å². The van der Waals surface area contributed by atoms with Crippen molar-refractivity contribution in [1.82, 2.24) is 5.32 Å². The smallest absolute Gasteiger partial charge is 0.0693 e. The first-order valence-electron chi connectivity index (χ1n) is 9.01. The molecule has 0 saturated heterocycles. The molecular formula is C18H35NO. The van der Waals surface area contributed by atoms with Crippen molar-refractivity contribution < 1.29 is 4.74 Å². The molecule has 0 spiro atoms. The first-order valence-corrected chi connectivity index (χ1v) is 9.01. The quantitative estimate of drug-likeness (QED) is 0.706. The highest BCUT2D eigenvalue weighted by atomic mass is 16.5. The highest BCUT2D eigenvalue weighted by Gasteiger charge is 2.41. The lowest BCUT2D eigenvalue weighted by Gasteiger charge is -2.45. The molecule has 2 rings (SSSR count). The molecule has 0 aromatic carbocycles. The van der Waals surface area contributed by atoms with Gasteiger partial charge in [-0.25, -0.2) is 0 Å². The van der Waals surface area contributed by atoms with Crippen LogP contribution in [0.1, 0.15) is 78.1 Å². The van der Waals surface area contributed by atoms with Crippen molar-refractivity contribution in [2.24, 2.45) is 11.8 Å². The van der Waals surface area contributed by atoms with E-state index in [0.717, 1.165) is 18.4 Å². The standard InChI is InChI=1S/C18H35NO/c1-4-12-19-17(14-18(20-3)10-7-11-18)16-9-6-8-15(5-2)13-16/h15-17,19H,4-14H2,1-3H3. The number of hydrogen-bond donors (Lipinski definition) is 1. The molecule has 2 aliphatic rings. The molecule has 3 unspecified atom stereocenters. The maximum absolute atomic E-state index is 5.89. The van der Waals surface area contributed by atoms with Gasteiger partial charge in [0.15, 0.2) is 0 Å². The number of hydrogen-bond acceptors (Lipinski definition) is 2. The lowest BCUT2D eigenvalue weighted by atomic mass is 9.70. The fourth-order valence-corrected chi connectivity index (χ4v) is 4.27. The van der Waals surface area contributed by atoms with Gasteiger partial charge in [0.2, 0.25) is 0 Å². The van der Waals surface area contributed by atoms with E-state index in [1.54, 1.807) is 0 Å². The van der Waals surface area contributed by atoms with Crippen LogP contribution in [0.5, 0.6) is 0 Å². The van der Waals surface area contributed by atoms with Crippen LogP contribution < -0.4 is 5.32 Å². The molecule has 0 radical (unpaired) electrons. The average molecular weight is 281 g/mol. The van der Waals surface area contributed by atoms with Gasteiger partial charge in [0, 0.05) is 13.2 Å². The van der Waals surface area contributed by atoms with Crippen molar-refractivity contribution >= 4 is 0 Å². The Hall–Kier alpha value is -0.0800. The third kappa shape index (κ3) is 3.98. The molecule has 3 atom stereocenters. The number of nitrogens with one attached hydrogen (secondary N) is 1. The van der Waals surface area contributed by atoms with Gasteiger partial charge in [-0.2, -0.15) is 0 Å². The Morgan fingerprint density at radius 2 is 2.00 bits per heavy atom. The fraction of sp³-hybridized carbons (Fsp3) is 1.00. The van der Waals surface area contributed by atoms with Crippen molar-refractivity contribution in [3.8, 4) is 0 Å². The van der Waals surface area contributed by atoms with Crippen LogP contribution in [0, 0.1) is 11.8 Å². The Balaban J connectivity index is 1.94. The second-order valence-electron chi connectivity index (χ2n) is 7.21. The summed E-state index contributed by atoms with van der Waals surface area (Å²) in [5.74, 6) is 1.85. The van der Waals surface area contributed by atoms with E-state index in [4.69, 9.17) is 4.74 Å². The molecule has 0 aromatic heterocycles. The Bertz CT molecular complexity index is 269. The van der Waals surface area contributed by atoms with E-state index in [1.165, 1.54) is 64.2 Å². The first-order chi connectivity index (χ1) is 9.73. The predicted molar refractivity (Wildman–Crippen MR) is 86.0 cm³/mol. The maximum atomic E-state index is 5.89. The van der Waals surface area contributed by atoms with Crippen molar-refractivity contribution in [3.05, 3.63) is 0 Å². The molecule has 118 valence electrons. The van der Waals surface area contributed by atoms with Crippen LogP contribution in [0.4, 0.5) is 0 Å². The highest BCUT2D eigenvalue weighted by molar-refractivity contribution is 4.95. The van der Waals surface area contributed by atoms with Gasteiger partial charge in [0.05, 0.1) is 5.60 Å². The molecule has 2 aliphatic carbocycles. The third-order valence-electron chi connectivity index (χ3n) is 5.92. The summed E-state index contributed by atoms with van der Waals surface area (Å²) < 4.78 is 5.89. The average Bonchev–Trinajstić information content (AvgIpc) is 2.46. The van der Waals surface area contributed by atoms with Crippen molar-refractivity contribution in [2.45, 2.75) is 89.7 Å². The molecule has 0 aromatic rings. The molecule has 2 fully saturated rings. The number of rotatable bonds is 8. The van der Waals surface area contributed by atoms with Crippen LogP contribution in [0.2, 0.25) is 0 Å². The van der Waals surface area contributed by atoms with E-state index in [9.17, 15) is 0 Å². The number of ether oxygens (including phenoxy) is 1. The predicted octanol–water partition coefficient (Wildman–Crippen LogP) is 4.53. The Kier molecular flexibility index (Phi) is 6.35. The first kappa shape index (κ1) is 16.3. The van der Waals surface area contributed by atoms with Gasteiger partial charge in [-0.1, -0.05) is 33.1 Å². The highest BCUT2D eigenvalue weighted by Crippen LogP contribution is 2.42. The summed E-state index contributed by atoms with van der Waals surface area (Å²) in [5, 5.41) is 3.86. The van der Waals surface area contributed by atoms with E-state index < -0.39 is 0 Å². The van der Waals surface area contributed by atoms with Gasteiger partial charge in [-0.15, -0.1) is 0 Å². The van der Waals surface area contributed by atoms with E-state index in [2.05, 4.69) is 19.2 Å². The van der Waals surface area contributed by atoms with Gasteiger partial charge in [-0.3, -0.25) is 0 Å². The lowest BCUT2D eigenvalue weighted by Crippen LogP contribution is -2.49. The van der Waals surface area contributed by atoms with Crippen LogP contribution in [0.3, 0.4) is 0 Å². The molecule has 2 heteroatoms. The van der Waals surface area contributed by atoms with Gasteiger partial charge in [0.1, 0.15) is 0 Å². The fourth-order valence-electron chi connectivity index (χ4n) is 4.27. The van der Waals surface area contributed by atoms with Gasteiger partial charge in [-0.05, 0) is 63.3 Å².